The number of unbranched alkanes of at least 4 members (excludes halogenated alkanes) is 3. The smallest absolute Gasteiger partial charge is 0.0253 e. The van der Waals surface area contributed by atoms with Gasteiger partial charge in [-0.1, -0.05) is 136 Å². The van der Waals surface area contributed by atoms with Crippen LogP contribution in [0.5, 0.6) is 0 Å². The average Bonchev–Trinajstić information content (AvgIpc) is 3.20. The zero-order valence-electron chi connectivity index (χ0n) is 34.1. The Morgan fingerprint density at radius 2 is 1.68 bits per heavy atom. The number of nitrogens with two attached hydrogens (primary N) is 2. The maximum absolute atomic E-state index is 6.43. The summed E-state index contributed by atoms with van der Waals surface area (Å²) in [5.74, 6) is 5.89. The molecule has 0 radical (unpaired) electrons. The standard InChI is InChI=1S/C50H79N3/c1-3-4-5-6-9-12-20-40-21-19-25-42(35-40)45(38-53-46-31-30-41-22-14-15-23-43(41)36-46)29-28-39(2)47-32-33-48(50-27-17-16-26-49(47)50)44(37-52)24-13-10-7-8-11-18-34-51/h7-13,18,21,24,32-33,36,39,41-42,45-50,53H,3-6,14-17,19-20,22-23,25-31,34-35,37-38,51-52H2,1-2H3/b8-7+,12-9-,13-10+,18-11-,44-24+/t39?,41-,42?,45?,46?,47?,48?,49?,50?/m1/s1. The van der Waals surface area contributed by atoms with Crippen molar-refractivity contribution in [2.75, 3.05) is 19.6 Å². The van der Waals surface area contributed by atoms with Gasteiger partial charge in [-0.15, -0.1) is 0 Å². The van der Waals surface area contributed by atoms with Crippen LogP contribution >= 0.6 is 0 Å². The number of rotatable bonds is 20. The molecule has 0 saturated heterocycles. The van der Waals surface area contributed by atoms with Crippen LogP contribution in [-0.4, -0.2) is 25.7 Å². The summed E-state index contributed by atoms with van der Waals surface area (Å²) in [6.45, 7) is 7.31. The SMILES string of the molecule is CCCCC/C=C\CC1=CCCC(C(CCC(C)C2C=CC(/C(=C/C=C/C=C/C=C\CN)CN)C3CCCCC23)CNC2C=C3CCCC[C@@H]3CC2)C1. The topological polar surface area (TPSA) is 64.1 Å². The molecule has 3 heteroatoms. The van der Waals surface area contributed by atoms with Crippen molar-refractivity contribution in [2.45, 2.75) is 148 Å². The van der Waals surface area contributed by atoms with Gasteiger partial charge in [0.2, 0.25) is 0 Å². The van der Waals surface area contributed by atoms with Crippen molar-refractivity contribution in [2.24, 2.45) is 58.8 Å². The molecule has 5 N–H and O–H groups in total. The predicted octanol–water partition coefficient (Wildman–Crippen LogP) is 12.3. The van der Waals surface area contributed by atoms with E-state index in [2.05, 4.69) is 79.9 Å². The Labute approximate surface area is 326 Å². The number of fused-ring (bicyclic) bond motifs is 2. The fraction of sp³-hybridized carbons (Fsp3) is 0.680. The quantitative estimate of drug-likeness (QED) is 0.0666. The van der Waals surface area contributed by atoms with E-state index in [9.17, 15) is 0 Å². The van der Waals surface area contributed by atoms with E-state index in [0.717, 1.165) is 35.5 Å². The second-order valence-electron chi connectivity index (χ2n) is 17.6. The van der Waals surface area contributed by atoms with Gasteiger partial charge in [0.1, 0.15) is 0 Å². The molecule has 5 aliphatic carbocycles. The first-order valence-corrected chi connectivity index (χ1v) is 22.6. The third-order valence-corrected chi connectivity index (χ3v) is 14.1. The van der Waals surface area contributed by atoms with Crippen molar-refractivity contribution in [3.63, 3.8) is 0 Å². The van der Waals surface area contributed by atoms with Gasteiger partial charge in [-0.2, -0.15) is 0 Å². The van der Waals surface area contributed by atoms with E-state index in [1.165, 1.54) is 141 Å². The maximum atomic E-state index is 6.43. The number of hydrogen-bond acceptors (Lipinski definition) is 3. The lowest BCUT2D eigenvalue weighted by Gasteiger charge is -2.46. The molecule has 0 amide bonds. The van der Waals surface area contributed by atoms with E-state index < -0.39 is 0 Å². The summed E-state index contributed by atoms with van der Waals surface area (Å²) in [7, 11) is 0. The summed E-state index contributed by atoms with van der Waals surface area (Å²) in [5, 5.41) is 4.19. The molecule has 0 aliphatic heterocycles. The second-order valence-corrected chi connectivity index (χ2v) is 17.6. The predicted molar refractivity (Wildman–Crippen MR) is 231 cm³/mol. The van der Waals surface area contributed by atoms with Gasteiger partial charge in [0.15, 0.2) is 0 Å². The van der Waals surface area contributed by atoms with E-state index in [-0.39, 0.29) is 0 Å². The molecule has 0 aromatic heterocycles. The molecule has 2 fully saturated rings. The first kappa shape index (κ1) is 42.0. The fourth-order valence-corrected chi connectivity index (χ4v) is 11.0. The van der Waals surface area contributed by atoms with Crippen molar-refractivity contribution in [1.29, 1.82) is 0 Å². The lowest BCUT2D eigenvalue weighted by molar-refractivity contribution is 0.107. The average molecular weight is 722 g/mol. The summed E-state index contributed by atoms with van der Waals surface area (Å²) in [6, 6.07) is 0.591. The molecule has 0 heterocycles. The fourth-order valence-electron chi connectivity index (χ4n) is 11.0. The summed E-state index contributed by atoms with van der Waals surface area (Å²) in [4.78, 5) is 0. The highest BCUT2D eigenvalue weighted by molar-refractivity contribution is 5.27. The van der Waals surface area contributed by atoms with E-state index in [4.69, 9.17) is 11.5 Å². The zero-order valence-corrected chi connectivity index (χ0v) is 34.1. The molecule has 53 heavy (non-hydrogen) atoms. The third kappa shape index (κ3) is 13.2. The molecule has 0 spiro atoms. The van der Waals surface area contributed by atoms with Gasteiger partial charge in [-0.05, 0) is 150 Å². The van der Waals surface area contributed by atoms with Crippen LogP contribution in [0.25, 0.3) is 0 Å². The molecule has 3 nitrogen and oxygen atoms in total. The Balaban J connectivity index is 1.23. The monoisotopic (exact) mass is 722 g/mol. The zero-order chi connectivity index (χ0) is 37.1. The summed E-state index contributed by atoms with van der Waals surface area (Å²) < 4.78 is 0. The van der Waals surface area contributed by atoms with Crippen LogP contribution in [0, 0.1) is 47.3 Å². The van der Waals surface area contributed by atoms with Crippen LogP contribution in [0.1, 0.15) is 142 Å². The number of nitrogens with one attached hydrogen (secondary N) is 1. The van der Waals surface area contributed by atoms with Gasteiger partial charge in [-0.25, -0.2) is 0 Å². The van der Waals surface area contributed by atoms with E-state index in [0.29, 0.717) is 31.0 Å². The Morgan fingerprint density at radius 1 is 0.849 bits per heavy atom. The van der Waals surface area contributed by atoms with Crippen molar-refractivity contribution < 1.29 is 0 Å². The first-order valence-electron chi connectivity index (χ1n) is 22.6. The Kier molecular flexibility index (Phi) is 18.7. The molecule has 2 saturated carbocycles. The van der Waals surface area contributed by atoms with Gasteiger partial charge in [0.25, 0.3) is 0 Å². The molecule has 8 unspecified atom stereocenters. The third-order valence-electron chi connectivity index (χ3n) is 14.1. The molecule has 0 aromatic carbocycles. The van der Waals surface area contributed by atoms with Crippen molar-refractivity contribution >= 4 is 0 Å². The van der Waals surface area contributed by atoms with Crippen molar-refractivity contribution in [3.8, 4) is 0 Å². The molecule has 294 valence electrons. The molecular weight excluding hydrogens is 643 g/mol. The minimum Gasteiger partial charge on any atom is -0.327 e. The van der Waals surface area contributed by atoms with Crippen molar-refractivity contribution in [3.05, 3.63) is 95.7 Å². The molecule has 5 rings (SSSR count). The maximum Gasteiger partial charge on any atom is 0.0253 e. The van der Waals surface area contributed by atoms with E-state index in [1.807, 2.05) is 18.2 Å². The minimum absolute atomic E-state index is 0.484. The lowest BCUT2D eigenvalue weighted by Crippen LogP contribution is -2.39. The summed E-state index contributed by atoms with van der Waals surface area (Å²) >= 11 is 0. The van der Waals surface area contributed by atoms with Gasteiger partial charge >= 0.3 is 0 Å². The molecule has 9 atom stereocenters. The molecule has 0 bridgehead atoms. The number of allylic oxidation sites excluding steroid dienone is 13. The van der Waals surface area contributed by atoms with E-state index >= 15 is 0 Å². The molecule has 0 aromatic rings. The normalized spacial score (nSPS) is 30.9. The van der Waals surface area contributed by atoms with Gasteiger partial charge in [0.05, 0.1) is 0 Å². The number of hydrogen-bond donors (Lipinski definition) is 3. The van der Waals surface area contributed by atoms with Crippen LogP contribution in [0.3, 0.4) is 0 Å². The minimum atomic E-state index is 0.484. The van der Waals surface area contributed by atoms with Crippen LogP contribution in [0.15, 0.2) is 95.7 Å². The van der Waals surface area contributed by atoms with Gasteiger partial charge in [-0.3, -0.25) is 0 Å². The van der Waals surface area contributed by atoms with Crippen LogP contribution in [0.2, 0.25) is 0 Å². The Hall–Kier alpha value is -2.20. The highest BCUT2D eigenvalue weighted by Crippen LogP contribution is 2.49. The largest absolute Gasteiger partial charge is 0.327 e. The molecule has 5 aliphatic rings. The van der Waals surface area contributed by atoms with Crippen LogP contribution in [-0.2, 0) is 0 Å². The van der Waals surface area contributed by atoms with Crippen LogP contribution < -0.4 is 16.8 Å². The van der Waals surface area contributed by atoms with E-state index in [1.54, 1.807) is 11.1 Å². The Bertz CT molecular complexity index is 1310. The van der Waals surface area contributed by atoms with Gasteiger partial charge < -0.3 is 16.8 Å². The van der Waals surface area contributed by atoms with Crippen LogP contribution in [0.4, 0.5) is 0 Å². The van der Waals surface area contributed by atoms with Crippen molar-refractivity contribution in [1.82, 2.24) is 5.32 Å². The second kappa shape index (κ2) is 23.7. The first-order chi connectivity index (χ1) is 26.1. The lowest BCUT2D eigenvalue weighted by atomic mass is 9.59. The summed E-state index contributed by atoms with van der Waals surface area (Å²) in [5.41, 5.74) is 16.9. The van der Waals surface area contributed by atoms with Gasteiger partial charge in [0, 0.05) is 25.0 Å². The highest BCUT2D eigenvalue weighted by atomic mass is 14.9. The molecular formula is C50H79N3. The highest BCUT2D eigenvalue weighted by Gasteiger charge is 2.40. The summed E-state index contributed by atoms with van der Waals surface area (Å²) in [6.07, 6.45) is 57.1. The Morgan fingerprint density at radius 3 is 2.53 bits per heavy atom.